The molecule has 0 bridgehead atoms. The van der Waals surface area contributed by atoms with Gasteiger partial charge in [0.05, 0.1) is 0 Å². The van der Waals surface area contributed by atoms with Gasteiger partial charge >= 0.3 is 0 Å². The monoisotopic (exact) mass is 210 g/mol. The summed E-state index contributed by atoms with van der Waals surface area (Å²) >= 11 is 5.66. The second-order valence-corrected chi connectivity index (χ2v) is 3.06. The Bertz CT molecular complexity index is 442. The molecular weight excluding hydrogens is 204 g/mol. The molecule has 0 amide bonds. The first-order valence-electron chi connectivity index (χ1n) is 3.91. The average Bonchev–Trinajstić information content (AvgIpc) is 2.51. The molecule has 2 aromatic rings. The van der Waals surface area contributed by atoms with Gasteiger partial charge in [0.15, 0.2) is 0 Å². The van der Waals surface area contributed by atoms with Crippen molar-refractivity contribution in [1.29, 1.82) is 0 Å². The SMILES string of the molecule is Cc1cc(Oc2cc(Cl)ncn2)n[nH]1. The number of hydrogen-bond donors (Lipinski definition) is 1. The predicted octanol–water partition coefficient (Wildman–Crippen LogP) is 1.95. The Hall–Kier alpha value is -1.62. The van der Waals surface area contributed by atoms with Crippen molar-refractivity contribution in [3.8, 4) is 11.8 Å². The van der Waals surface area contributed by atoms with Gasteiger partial charge in [-0.25, -0.2) is 9.97 Å². The molecule has 0 aromatic carbocycles. The molecule has 2 rings (SSSR count). The number of H-pyrrole nitrogens is 1. The molecule has 0 radical (unpaired) electrons. The van der Waals surface area contributed by atoms with Crippen molar-refractivity contribution in [3.63, 3.8) is 0 Å². The zero-order chi connectivity index (χ0) is 9.97. The summed E-state index contributed by atoms with van der Waals surface area (Å²) in [6.07, 6.45) is 1.33. The van der Waals surface area contributed by atoms with E-state index in [1.807, 2.05) is 6.92 Å². The van der Waals surface area contributed by atoms with Gasteiger partial charge in [0.25, 0.3) is 0 Å². The second kappa shape index (κ2) is 3.63. The zero-order valence-corrected chi connectivity index (χ0v) is 8.12. The number of nitrogens with zero attached hydrogens (tertiary/aromatic N) is 3. The summed E-state index contributed by atoms with van der Waals surface area (Å²) < 4.78 is 5.30. The molecule has 2 aromatic heterocycles. The minimum absolute atomic E-state index is 0.335. The summed E-state index contributed by atoms with van der Waals surface area (Å²) in [5, 5.41) is 6.98. The number of aromatic nitrogens is 4. The molecule has 5 nitrogen and oxygen atoms in total. The van der Waals surface area contributed by atoms with Gasteiger partial charge in [-0.2, -0.15) is 0 Å². The van der Waals surface area contributed by atoms with Gasteiger partial charge in [-0.05, 0) is 6.92 Å². The van der Waals surface area contributed by atoms with Crippen molar-refractivity contribution in [2.75, 3.05) is 0 Å². The average molecular weight is 211 g/mol. The van der Waals surface area contributed by atoms with E-state index < -0.39 is 0 Å². The third-order valence-electron chi connectivity index (χ3n) is 1.50. The van der Waals surface area contributed by atoms with Crippen LogP contribution < -0.4 is 4.74 Å². The van der Waals surface area contributed by atoms with E-state index in [2.05, 4.69) is 20.2 Å². The van der Waals surface area contributed by atoms with Gasteiger partial charge < -0.3 is 4.74 Å². The van der Waals surface area contributed by atoms with E-state index in [4.69, 9.17) is 16.3 Å². The first-order chi connectivity index (χ1) is 6.74. The maximum atomic E-state index is 5.66. The van der Waals surface area contributed by atoms with Crippen LogP contribution in [0.25, 0.3) is 0 Å². The van der Waals surface area contributed by atoms with Crippen LogP contribution in [0.2, 0.25) is 5.15 Å². The first kappa shape index (κ1) is 8.96. The highest BCUT2D eigenvalue weighted by Crippen LogP contribution is 2.18. The van der Waals surface area contributed by atoms with E-state index in [1.54, 1.807) is 6.07 Å². The molecule has 0 spiro atoms. The lowest BCUT2D eigenvalue weighted by atomic mass is 10.5. The molecule has 2 heterocycles. The van der Waals surface area contributed by atoms with Crippen molar-refractivity contribution in [2.24, 2.45) is 0 Å². The highest BCUT2D eigenvalue weighted by molar-refractivity contribution is 6.29. The fourth-order valence-electron chi connectivity index (χ4n) is 0.926. The van der Waals surface area contributed by atoms with Gasteiger partial charge in [0, 0.05) is 17.8 Å². The van der Waals surface area contributed by atoms with E-state index in [0.717, 1.165) is 5.69 Å². The molecule has 1 N–H and O–H groups in total. The van der Waals surface area contributed by atoms with E-state index in [1.165, 1.54) is 12.4 Å². The lowest BCUT2D eigenvalue weighted by Gasteiger charge is -1.98. The van der Waals surface area contributed by atoms with Crippen molar-refractivity contribution >= 4 is 11.6 Å². The Morgan fingerprint density at radius 3 is 2.79 bits per heavy atom. The molecule has 0 aliphatic carbocycles. The minimum Gasteiger partial charge on any atom is -0.419 e. The summed E-state index contributed by atoms with van der Waals surface area (Å²) in [5.41, 5.74) is 0.917. The number of nitrogens with one attached hydrogen (secondary N) is 1. The van der Waals surface area contributed by atoms with Gasteiger partial charge in [0.1, 0.15) is 11.5 Å². The van der Waals surface area contributed by atoms with Gasteiger partial charge in [0.2, 0.25) is 11.8 Å². The second-order valence-electron chi connectivity index (χ2n) is 2.67. The summed E-state index contributed by atoms with van der Waals surface area (Å²) in [6, 6.07) is 3.28. The number of aryl methyl sites for hydroxylation is 1. The van der Waals surface area contributed by atoms with Crippen molar-refractivity contribution in [2.45, 2.75) is 6.92 Å². The summed E-state index contributed by atoms with van der Waals surface area (Å²) in [4.78, 5) is 7.61. The Labute approximate surface area is 85.1 Å². The number of halogens is 1. The predicted molar refractivity (Wildman–Crippen MR) is 50.4 cm³/mol. The Morgan fingerprint density at radius 2 is 2.14 bits per heavy atom. The van der Waals surface area contributed by atoms with Crippen molar-refractivity contribution < 1.29 is 4.74 Å². The summed E-state index contributed by atoms with van der Waals surface area (Å²) in [7, 11) is 0. The van der Waals surface area contributed by atoms with E-state index in [9.17, 15) is 0 Å². The van der Waals surface area contributed by atoms with Crippen LogP contribution in [0.3, 0.4) is 0 Å². The quantitative estimate of drug-likeness (QED) is 0.770. The largest absolute Gasteiger partial charge is 0.419 e. The van der Waals surface area contributed by atoms with E-state index in [0.29, 0.717) is 16.9 Å². The van der Waals surface area contributed by atoms with Crippen LogP contribution in [0.1, 0.15) is 5.69 Å². The highest BCUT2D eigenvalue weighted by atomic mass is 35.5. The third kappa shape index (κ3) is 2.00. The zero-order valence-electron chi connectivity index (χ0n) is 7.36. The summed E-state index contributed by atoms with van der Waals surface area (Å²) in [6.45, 7) is 1.88. The molecule has 0 saturated carbocycles. The maximum Gasteiger partial charge on any atom is 0.240 e. The molecular formula is C8H7ClN4O. The van der Waals surface area contributed by atoms with Gasteiger partial charge in [-0.1, -0.05) is 11.6 Å². The number of hydrogen-bond acceptors (Lipinski definition) is 4. The Kier molecular flexibility index (Phi) is 2.32. The van der Waals surface area contributed by atoms with E-state index in [-0.39, 0.29) is 0 Å². The molecule has 6 heteroatoms. The molecule has 0 aliphatic rings. The van der Waals surface area contributed by atoms with Crippen molar-refractivity contribution in [1.82, 2.24) is 20.2 Å². The highest BCUT2D eigenvalue weighted by Gasteiger charge is 2.02. The van der Waals surface area contributed by atoms with Crippen LogP contribution in [-0.4, -0.2) is 20.2 Å². The molecule has 0 fully saturated rings. The number of ether oxygens (including phenoxy) is 1. The molecule has 14 heavy (non-hydrogen) atoms. The third-order valence-corrected chi connectivity index (χ3v) is 1.71. The Balaban J connectivity index is 2.18. The van der Waals surface area contributed by atoms with E-state index >= 15 is 0 Å². The lowest BCUT2D eigenvalue weighted by molar-refractivity contribution is 0.442. The van der Waals surface area contributed by atoms with Crippen LogP contribution in [0, 0.1) is 6.92 Å². The molecule has 0 unspecified atom stereocenters. The van der Waals surface area contributed by atoms with Gasteiger partial charge in [-0.3, -0.25) is 5.10 Å². The number of aromatic amines is 1. The van der Waals surface area contributed by atoms with Crippen LogP contribution in [0.4, 0.5) is 0 Å². The number of rotatable bonds is 2. The first-order valence-corrected chi connectivity index (χ1v) is 4.29. The topological polar surface area (TPSA) is 63.7 Å². The normalized spacial score (nSPS) is 10.1. The molecule has 0 atom stereocenters. The fraction of sp³-hybridized carbons (Fsp3) is 0.125. The van der Waals surface area contributed by atoms with Crippen LogP contribution in [-0.2, 0) is 0 Å². The van der Waals surface area contributed by atoms with Crippen LogP contribution in [0.15, 0.2) is 18.5 Å². The maximum absolute atomic E-state index is 5.66. The smallest absolute Gasteiger partial charge is 0.240 e. The molecule has 72 valence electrons. The molecule has 0 saturated heterocycles. The molecule has 0 aliphatic heterocycles. The fourth-order valence-corrected chi connectivity index (χ4v) is 1.06. The summed E-state index contributed by atoms with van der Waals surface area (Å²) in [5.74, 6) is 0.828. The van der Waals surface area contributed by atoms with Crippen LogP contribution >= 0.6 is 11.6 Å². The lowest BCUT2D eigenvalue weighted by Crippen LogP contribution is -1.88. The van der Waals surface area contributed by atoms with Gasteiger partial charge in [-0.15, -0.1) is 5.10 Å². The van der Waals surface area contributed by atoms with Crippen LogP contribution in [0.5, 0.6) is 11.8 Å². The Morgan fingerprint density at radius 1 is 1.29 bits per heavy atom. The minimum atomic E-state index is 0.335. The van der Waals surface area contributed by atoms with Crippen molar-refractivity contribution in [3.05, 3.63) is 29.3 Å². The standard InChI is InChI=1S/C8H7ClN4O/c1-5-2-8(13-12-5)14-7-3-6(9)10-4-11-7/h2-4H,1H3,(H,12,13).